The molecular weight excluding hydrogens is 296 g/mol. The van der Waals surface area contributed by atoms with Crippen LogP contribution < -0.4 is 10.0 Å². The van der Waals surface area contributed by atoms with Gasteiger partial charge in [0.25, 0.3) is 0 Å². The van der Waals surface area contributed by atoms with Crippen molar-refractivity contribution in [3.63, 3.8) is 0 Å². The van der Waals surface area contributed by atoms with E-state index in [9.17, 15) is 18.3 Å². The van der Waals surface area contributed by atoms with Crippen LogP contribution in [0.4, 0.5) is 5.69 Å². The molecule has 21 heavy (non-hydrogen) atoms. The summed E-state index contributed by atoms with van der Waals surface area (Å²) in [4.78, 5) is 11.5. The maximum atomic E-state index is 12.2. The molecule has 0 amide bonds. The molecule has 0 bridgehead atoms. The average Bonchev–Trinajstić information content (AvgIpc) is 2.42. The first-order chi connectivity index (χ1) is 9.81. The molecule has 8 heteroatoms. The van der Waals surface area contributed by atoms with E-state index in [2.05, 4.69) is 14.8 Å². The Bertz CT molecular complexity index is 586. The summed E-state index contributed by atoms with van der Waals surface area (Å²) in [7, 11) is -2.53. The van der Waals surface area contributed by atoms with Gasteiger partial charge >= 0.3 is 5.97 Å². The van der Waals surface area contributed by atoms with Crippen LogP contribution in [-0.2, 0) is 19.6 Å². The zero-order valence-corrected chi connectivity index (χ0v) is 13.0. The van der Waals surface area contributed by atoms with Crippen LogP contribution in [-0.4, -0.2) is 45.3 Å². The van der Waals surface area contributed by atoms with Crippen LogP contribution in [0.1, 0.15) is 13.8 Å². The highest BCUT2D eigenvalue weighted by molar-refractivity contribution is 7.89. The highest BCUT2D eigenvalue weighted by Crippen LogP contribution is 2.21. The van der Waals surface area contributed by atoms with Crippen molar-refractivity contribution >= 4 is 21.7 Å². The Morgan fingerprint density at radius 2 is 1.95 bits per heavy atom. The van der Waals surface area contributed by atoms with Gasteiger partial charge in [-0.2, -0.15) is 0 Å². The minimum atomic E-state index is -3.72. The summed E-state index contributed by atoms with van der Waals surface area (Å²) < 4.78 is 31.5. The van der Waals surface area contributed by atoms with Gasteiger partial charge in [0.05, 0.1) is 19.4 Å². The molecule has 0 aromatic heterocycles. The number of ether oxygens (including phenoxy) is 1. The molecule has 0 saturated carbocycles. The number of benzene rings is 1. The number of rotatable bonds is 7. The summed E-state index contributed by atoms with van der Waals surface area (Å²) in [5.41, 5.74) is 0.218. The number of carbonyl (C=O) groups excluding carboxylic acids is 1. The summed E-state index contributed by atoms with van der Waals surface area (Å²) in [6.45, 7) is 2.90. The molecule has 0 radical (unpaired) electrons. The lowest BCUT2D eigenvalue weighted by Gasteiger charge is -2.18. The van der Waals surface area contributed by atoms with E-state index in [0.29, 0.717) is 0 Å². The fraction of sp³-hybridized carbons (Fsp3) is 0.462. The number of methoxy groups -OCH3 is 1. The maximum absolute atomic E-state index is 12.2. The first kappa shape index (κ1) is 17.4. The standard InChI is InChI=1S/C13H20N2O5S/c1-9(2)15-21(18,19)12-7-5-4-6-10(12)14-11(8-16)13(17)20-3/h4-7,9,11,14-16H,8H2,1-3H3. The lowest BCUT2D eigenvalue weighted by atomic mass is 10.2. The summed E-state index contributed by atoms with van der Waals surface area (Å²) >= 11 is 0. The highest BCUT2D eigenvalue weighted by Gasteiger charge is 2.23. The molecule has 1 rings (SSSR count). The predicted octanol–water partition coefficient (Wildman–Crippen LogP) is 0.319. The average molecular weight is 316 g/mol. The molecule has 0 fully saturated rings. The second kappa shape index (κ2) is 7.39. The smallest absolute Gasteiger partial charge is 0.330 e. The van der Waals surface area contributed by atoms with Crippen LogP contribution in [0, 0.1) is 0 Å². The van der Waals surface area contributed by atoms with E-state index in [-0.39, 0.29) is 16.6 Å². The molecule has 0 spiro atoms. The fourth-order valence-corrected chi connectivity index (χ4v) is 3.12. The van der Waals surface area contributed by atoms with Crippen LogP contribution in [0.2, 0.25) is 0 Å². The zero-order valence-electron chi connectivity index (χ0n) is 12.2. The van der Waals surface area contributed by atoms with E-state index in [4.69, 9.17) is 0 Å². The van der Waals surface area contributed by atoms with Crippen molar-refractivity contribution < 1.29 is 23.1 Å². The van der Waals surface area contributed by atoms with Crippen LogP contribution in [0.5, 0.6) is 0 Å². The molecule has 1 aromatic carbocycles. The summed E-state index contributed by atoms with van der Waals surface area (Å²) in [6.07, 6.45) is 0. The molecule has 0 aliphatic heterocycles. The number of esters is 1. The second-order valence-corrected chi connectivity index (χ2v) is 6.36. The third-order valence-corrected chi connectivity index (χ3v) is 4.28. The van der Waals surface area contributed by atoms with Crippen LogP contribution >= 0.6 is 0 Å². The number of sulfonamides is 1. The molecule has 0 aliphatic rings. The van der Waals surface area contributed by atoms with Gasteiger partial charge < -0.3 is 15.2 Å². The topological polar surface area (TPSA) is 105 Å². The van der Waals surface area contributed by atoms with Crippen molar-refractivity contribution in [2.45, 2.75) is 30.8 Å². The third kappa shape index (κ3) is 4.69. The quantitative estimate of drug-likeness (QED) is 0.626. The number of nitrogens with one attached hydrogen (secondary N) is 2. The Hall–Kier alpha value is -1.64. The Kier molecular flexibility index (Phi) is 6.13. The lowest BCUT2D eigenvalue weighted by molar-refractivity contribution is -0.142. The molecule has 0 aliphatic carbocycles. The van der Waals surface area contributed by atoms with Crippen LogP contribution in [0.25, 0.3) is 0 Å². The third-order valence-electron chi connectivity index (χ3n) is 2.57. The van der Waals surface area contributed by atoms with Crippen molar-refractivity contribution in [2.75, 3.05) is 19.0 Å². The molecule has 1 unspecified atom stereocenters. The molecular formula is C13H20N2O5S. The molecule has 7 nitrogen and oxygen atoms in total. The number of hydrogen-bond acceptors (Lipinski definition) is 6. The SMILES string of the molecule is COC(=O)C(CO)Nc1ccccc1S(=O)(=O)NC(C)C. The maximum Gasteiger partial charge on any atom is 0.330 e. The highest BCUT2D eigenvalue weighted by atomic mass is 32.2. The summed E-state index contributed by atoms with van der Waals surface area (Å²) in [6, 6.07) is 4.83. The van der Waals surface area contributed by atoms with E-state index < -0.39 is 28.6 Å². The monoisotopic (exact) mass is 316 g/mol. The summed E-state index contributed by atoms with van der Waals surface area (Å²) in [5.74, 6) is -0.679. The fourth-order valence-electron chi connectivity index (χ4n) is 1.70. The Morgan fingerprint density at radius 1 is 1.33 bits per heavy atom. The van der Waals surface area contributed by atoms with Gasteiger partial charge in [-0.25, -0.2) is 17.9 Å². The second-order valence-electron chi connectivity index (χ2n) is 4.67. The van der Waals surface area contributed by atoms with Crippen molar-refractivity contribution in [3.8, 4) is 0 Å². The molecule has 1 aromatic rings. The Morgan fingerprint density at radius 3 is 2.48 bits per heavy atom. The van der Waals surface area contributed by atoms with E-state index in [1.807, 2.05) is 0 Å². The molecule has 118 valence electrons. The van der Waals surface area contributed by atoms with E-state index in [1.54, 1.807) is 26.0 Å². The molecule has 3 N–H and O–H groups in total. The minimum absolute atomic E-state index is 0.000975. The van der Waals surface area contributed by atoms with E-state index in [0.717, 1.165) is 0 Å². The lowest BCUT2D eigenvalue weighted by Crippen LogP contribution is -2.36. The summed E-state index contributed by atoms with van der Waals surface area (Å²) in [5, 5.41) is 11.9. The van der Waals surface area contributed by atoms with Crippen molar-refractivity contribution in [1.29, 1.82) is 0 Å². The van der Waals surface area contributed by atoms with Gasteiger partial charge in [0.1, 0.15) is 10.9 Å². The van der Waals surface area contributed by atoms with Gasteiger partial charge in [0.2, 0.25) is 10.0 Å². The number of hydrogen-bond donors (Lipinski definition) is 3. The molecule has 1 atom stereocenters. The largest absolute Gasteiger partial charge is 0.467 e. The Balaban J connectivity index is 3.13. The normalized spacial score (nSPS) is 13.0. The first-order valence-corrected chi connectivity index (χ1v) is 7.86. The number of para-hydroxylation sites is 1. The molecule has 0 heterocycles. The first-order valence-electron chi connectivity index (χ1n) is 6.38. The van der Waals surface area contributed by atoms with Crippen molar-refractivity contribution in [1.82, 2.24) is 4.72 Å². The van der Waals surface area contributed by atoms with E-state index in [1.165, 1.54) is 19.2 Å². The van der Waals surface area contributed by atoms with Crippen LogP contribution in [0.3, 0.4) is 0 Å². The van der Waals surface area contributed by atoms with Crippen molar-refractivity contribution in [2.24, 2.45) is 0 Å². The van der Waals surface area contributed by atoms with Gasteiger partial charge in [-0.1, -0.05) is 12.1 Å². The van der Waals surface area contributed by atoms with E-state index >= 15 is 0 Å². The van der Waals surface area contributed by atoms with Gasteiger partial charge in [-0.3, -0.25) is 0 Å². The number of anilines is 1. The predicted molar refractivity (Wildman–Crippen MR) is 78.4 cm³/mol. The van der Waals surface area contributed by atoms with Gasteiger partial charge in [0.15, 0.2) is 0 Å². The molecule has 0 saturated heterocycles. The number of aliphatic hydroxyl groups is 1. The number of carbonyl (C=O) groups is 1. The van der Waals surface area contributed by atoms with Gasteiger partial charge in [-0.15, -0.1) is 0 Å². The number of aliphatic hydroxyl groups excluding tert-OH is 1. The van der Waals surface area contributed by atoms with Gasteiger partial charge in [0, 0.05) is 6.04 Å². The van der Waals surface area contributed by atoms with Crippen LogP contribution in [0.15, 0.2) is 29.2 Å². The Labute approximate surface area is 124 Å². The zero-order chi connectivity index (χ0) is 16.0. The minimum Gasteiger partial charge on any atom is -0.467 e. The van der Waals surface area contributed by atoms with Gasteiger partial charge in [-0.05, 0) is 26.0 Å². The van der Waals surface area contributed by atoms with Crippen molar-refractivity contribution in [3.05, 3.63) is 24.3 Å².